The number of carboxylic acids is 1. The monoisotopic (exact) mass is 259 g/mol. The molecule has 0 saturated heterocycles. The zero-order chi connectivity index (χ0) is 13.7. The lowest BCUT2D eigenvalue weighted by molar-refractivity contribution is -0.142. The Morgan fingerprint density at radius 2 is 2.06 bits per heavy atom. The van der Waals surface area contributed by atoms with Crippen molar-refractivity contribution in [3.8, 4) is 5.75 Å². The van der Waals surface area contributed by atoms with E-state index >= 15 is 0 Å². The van der Waals surface area contributed by atoms with Crippen molar-refractivity contribution < 1.29 is 28.2 Å². The molecule has 0 radical (unpaired) electrons. The number of benzene rings is 1. The van der Waals surface area contributed by atoms with Crippen molar-refractivity contribution in [1.29, 1.82) is 0 Å². The van der Waals surface area contributed by atoms with Gasteiger partial charge < -0.3 is 15.2 Å². The first-order valence-electron chi connectivity index (χ1n) is 4.98. The highest BCUT2D eigenvalue weighted by molar-refractivity contribution is 5.82. The predicted octanol–water partition coefficient (Wildman–Crippen LogP) is 0.933. The third-order valence-corrected chi connectivity index (χ3v) is 1.98. The van der Waals surface area contributed by atoms with Crippen molar-refractivity contribution in [2.24, 2.45) is 0 Å². The number of carboxylic acid groups (broad SMARTS) is 1. The Hall–Kier alpha value is -2.18. The van der Waals surface area contributed by atoms with Gasteiger partial charge in [-0.05, 0) is 12.1 Å². The molecule has 1 amide bonds. The summed E-state index contributed by atoms with van der Waals surface area (Å²) in [7, 11) is 0. The summed E-state index contributed by atoms with van der Waals surface area (Å²) in [4.78, 5) is 21.5. The van der Waals surface area contributed by atoms with E-state index in [1.54, 1.807) is 0 Å². The van der Waals surface area contributed by atoms with Crippen molar-refractivity contribution in [3.63, 3.8) is 0 Å². The lowest BCUT2D eigenvalue weighted by Gasteiger charge is -2.14. The molecule has 5 nitrogen and oxygen atoms in total. The number of aliphatic carboxylic acids is 1. The third kappa shape index (κ3) is 4.00. The van der Waals surface area contributed by atoms with Gasteiger partial charge in [-0.3, -0.25) is 4.79 Å². The molecule has 1 aromatic rings. The van der Waals surface area contributed by atoms with Crippen LogP contribution in [0.4, 0.5) is 8.78 Å². The fourth-order valence-electron chi connectivity index (χ4n) is 1.17. The van der Waals surface area contributed by atoms with Gasteiger partial charge in [-0.2, -0.15) is 0 Å². The van der Waals surface area contributed by atoms with Crippen LogP contribution < -0.4 is 10.1 Å². The molecule has 1 aromatic carbocycles. The molecule has 0 saturated carbocycles. The lowest BCUT2D eigenvalue weighted by Crippen LogP contribution is -2.43. The fourth-order valence-corrected chi connectivity index (χ4v) is 1.17. The molecule has 2 N–H and O–H groups in total. The Labute approximate surface area is 101 Å². The maximum atomic E-state index is 12.8. The van der Waals surface area contributed by atoms with Gasteiger partial charge in [0.05, 0.1) is 0 Å². The Bertz CT molecular complexity index is 464. The van der Waals surface area contributed by atoms with Crippen molar-refractivity contribution in [1.82, 2.24) is 5.32 Å². The Morgan fingerprint density at radius 1 is 1.39 bits per heavy atom. The minimum absolute atomic E-state index is 0.0227. The van der Waals surface area contributed by atoms with Crippen molar-refractivity contribution in [2.45, 2.75) is 13.0 Å². The molecule has 0 fully saturated rings. The summed E-state index contributed by atoms with van der Waals surface area (Å²) in [5.74, 6) is -3.97. The first-order chi connectivity index (χ1) is 8.40. The number of halogens is 2. The molecule has 1 unspecified atom stereocenters. The minimum atomic E-state index is -1.28. The second-order valence-corrected chi connectivity index (χ2v) is 3.48. The van der Waals surface area contributed by atoms with E-state index < -0.39 is 29.6 Å². The first kappa shape index (κ1) is 13.9. The number of ether oxygens (including phenoxy) is 1. The molecule has 1 rings (SSSR count). The van der Waals surface area contributed by atoms with Crippen LogP contribution in [-0.4, -0.2) is 29.6 Å². The van der Waals surface area contributed by atoms with Gasteiger partial charge in [-0.1, -0.05) is 0 Å². The quantitative estimate of drug-likeness (QED) is 0.825. The Kier molecular flexibility index (Phi) is 4.59. The highest BCUT2D eigenvalue weighted by Gasteiger charge is 2.19. The molecular weight excluding hydrogens is 248 g/mol. The van der Waals surface area contributed by atoms with Crippen molar-refractivity contribution in [2.75, 3.05) is 6.61 Å². The first-order valence-corrected chi connectivity index (χ1v) is 4.98. The van der Waals surface area contributed by atoms with Crippen LogP contribution in [0.2, 0.25) is 0 Å². The maximum absolute atomic E-state index is 12.8. The standard InChI is InChI=1S/C11H11F2NO4/c1-6(15)14-10(11(16)17)5-18-7-2-3-8(12)9(13)4-7/h2-4,10H,5H2,1H3,(H,14,15)(H,16,17). The van der Waals surface area contributed by atoms with E-state index in [4.69, 9.17) is 9.84 Å². The summed E-state index contributed by atoms with van der Waals surface area (Å²) in [6.45, 7) is 0.771. The molecule has 18 heavy (non-hydrogen) atoms. The maximum Gasteiger partial charge on any atom is 0.329 e. The summed E-state index contributed by atoms with van der Waals surface area (Å²) in [6.07, 6.45) is 0. The van der Waals surface area contributed by atoms with Crippen molar-refractivity contribution >= 4 is 11.9 Å². The molecule has 98 valence electrons. The zero-order valence-electron chi connectivity index (χ0n) is 9.44. The fraction of sp³-hybridized carbons (Fsp3) is 0.273. The normalized spacial score (nSPS) is 11.7. The van der Waals surface area contributed by atoms with E-state index in [1.165, 1.54) is 0 Å². The summed E-state index contributed by atoms with van der Waals surface area (Å²) in [6, 6.07) is 1.56. The molecule has 0 bridgehead atoms. The minimum Gasteiger partial charge on any atom is -0.491 e. The van der Waals surface area contributed by atoms with Gasteiger partial charge >= 0.3 is 5.97 Å². The molecule has 0 spiro atoms. The molecule has 0 aromatic heterocycles. The lowest BCUT2D eigenvalue weighted by atomic mass is 10.3. The zero-order valence-corrected chi connectivity index (χ0v) is 9.44. The van der Waals surface area contributed by atoms with E-state index in [-0.39, 0.29) is 12.4 Å². The van der Waals surface area contributed by atoms with E-state index in [0.717, 1.165) is 25.1 Å². The molecule has 0 heterocycles. The van der Waals surface area contributed by atoms with Crippen LogP contribution in [0.3, 0.4) is 0 Å². The van der Waals surface area contributed by atoms with Gasteiger partial charge in [0.2, 0.25) is 5.91 Å². The number of rotatable bonds is 5. The topological polar surface area (TPSA) is 75.6 Å². The SMILES string of the molecule is CC(=O)NC(COc1ccc(F)c(F)c1)C(=O)O. The van der Waals surface area contributed by atoms with Crippen LogP contribution in [0.5, 0.6) is 5.75 Å². The van der Waals surface area contributed by atoms with Gasteiger partial charge in [-0.15, -0.1) is 0 Å². The highest BCUT2D eigenvalue weighted by atomic mass is 19.2. The van der Waals surface area contributed by atoms with Crippen LogP contribution in [0, 0.1) is 11.6 Å². The van der Waals surface area contributed by atoms with Crippen LogP contribution in [0.1, 0.15) is 6.92 Å². The van der Waals surface area contributed by atoms with E-state index in [2.05, 4.69) is 5.32 Å². The largest absolute Gasteiger partial charge is 0.491 e. The number of amides is 1. The Balaban J connectivity index is 2.64. The Morgan fingerprint density at radius 3 is 2.56 bits per heavy atom. The van der Waals surface area contributed by atoms with E-state index in [9.17, 15) is 18.4 Å². The smallest absolute Gasteiger partial charge is 0.329 e. The molecule has 7 heteroatoms. The summed E-state index contributed by atoms with van der Waals surface area (Å²) in [5.41, 5.74) is 0. The second kappa shape index (κ2) is 5.95. The van der Waals surface area contributed by atoms with Crippen LogP contribution in [0.15, 0.2) is 18.2 Å². The number of nitrogens with one attached hydrogen (secondary N) is 1. The van der Waals surface area contributed by atoms with Crippen LogP contribution >= 0.6 is 0 Å². The summed E-state index contributed by atoms with van der Waals surface area (Å²) in [5, 5.41) is 10.9. The van der Waals surface area contributed by atoms with Gasteiger partial charge in [0, 0.05) is 13.0 Å². The number of hydrogen-bond donors (Lipinski definition) is 2. The number of hydrogen-bond acceptors (Lipinski definition) is 3. The van der Waals surface area contributed by atoms with Gasteiger partial charge in [0.1, 0.15) is 12.4 Å². The molecular formula is C11H11F2NO4. The van der Waals surface area contributed by atoms with Crippen LogP contribution in [-0.2, 0) is 9.59 Å². The van der Waals surface area contributed by atoms with Gasteiger partial charge in [0.15, 0.2) is 17.7 Å². The van der Waals surface area contributed by atoms with Crippen molar-refractivity contribution in [3.05, 3.63) is 29.8 Å². The number of carbonyl (C=O) groups is 2. The third-order valence-electron chi connectivity index (χ3n) is 1.98. The highest BCUT2D eigenvalue weighted by Crippen LogP contribution is 2.15. The van der Waals surface area contributed by atoms with Crippen LogP contribution in [0.25, 0.3) is 0 Å². The predicted molar refractivity (Wildman–Crippen MR) is 57.1 cm³/mol. The van der Waals surface area contributed by atoms with Gasteiger partial charge in [0.25, 0.3) is 0 Å². The summed E-state index contributed by atoms with van der Waals surface area (Å²) >= 11 is 0. The molecule has 0 aliphatic heterocycles. The van der Waals surface area contributed by atoms with Gasteiger partial charge in [-0.25, -0.2) is 13.6 Å². The average molecular weight is 259 g/mol. The van der Waals surface area contributed by atoms with E-state index in [0.29, 0.717) is 0 Å². The summed E-state index contributed by atoms with van der Waals surface area (Å²) < 4.78 is 30.4. The molecule has 1 atom stereocenters. The molecule has 0 aliphatic rings. The van der Waals surface area contributed by atoms with E-state index in [1.807, 2.05) is 0 Å². The molecule has 0 aliphatic carbocycles. The average Bonchev–Trinajstić information content (AvgIpc) is 2.28. The second-order valence-electron chi connectivity index (χ2n) is 3.48. The number of carbonyl (C=O) groups excluding carboxylic acids is 1.